The quantitative estimate of drug-likeness (QED) is 0.824. The molecule has 3 rings (SSSR count). The lowest BCUT2D eigenvalue weighted by atomic mass is 10.1. The number of hydrogen-bond donors (Lipinski definition) is 1. The zero-order valence-corrected chi connectivity index (χ0v) is 15.2. The smallest absolute Gasteiger partial charge is 0.251 e. The van der Waals surface area contributed by atoms with Crippen molar-refractivity contribution in [2.45, 2.75) is 38.3 Å². The Morgan fingerprint density at radius 3 is 2.62 bits per heavy atom. The first-order valence-electron chi connectivity index (χ1n) is 8.81. The molecule has 6 heteroatoms. The van der Waals surface area contributed by atoms with Crippen LogP contribution in [-0.4, -0.2) is 31.2 Å². The monoisotopic (exact) mass is 356 g/mol. The van der Waals surface area contributed by atoms with Crippen LogP contribution in [0.2, 0.25) is 0 Å². The molecule has 1 N–H and O–H groups in total. The second-order valence-corrected chi connectivity index (χ2v) is 6.28. The molecule has 1 amide bonds. The molecule has 1 heterocycles. The van der Waals surface area contributed by atoms with E-state index in [0.717, 1.165) is 18.4 Å². The highest BCUT2D eigenvalue weighted by molar-refractivity contribution is 5.94. The van der Waals surface area contributed by atoms with Gasteiger partial charge >= 0.3 is 0 Å². The van der Waals surface area contributed by atoms with Crippen molar-refractivity contribution in [3.05, 3.63) is 47.7 Å². The highest BCUT2D eigenvalue weighted by atomic mass is 16.5. The molecule has 1 aliphatic carbocycles. The van der Waals surface area contributed by atoms with Crippen molar-refractivity contribution in [1.82, 2.24) is 10.3 Å². The second-order valence-electron chi connectivity index (χ2n) is 6.28. The van der Waals surface area contributed by atoms with E-state index in [4.69, 9.17) is 14.2 Å². The molecular formula is C20H24N2O4. The minimum atomic E-state index is -0.180. The largest absolute Gasteiger partial charge is 0.493 e. The predicted octanol–water partition coefficient (Wildman–Crippen LogP) is 3.35. The normalized spacial score (nSPS) is 14.1. The summed E-state index contributed by atoms with van der Waals surface area (Å²) in [5.41, 5.74) is 1.46. The van der Waals surface area contributed by atoms with Gasteiger partial charge in [0.2, 0.25) is 5.88 Å². The molecule has 0 saturated heterocycles. The molecule has 0 radical (unpaired) electrons. The Morgan fingerprint density at radius 2 is 1.88 bits per heavy atom. The second kappa shape index (κ2) is 8.56. The van der Waals surface area contributed by atoms with Crippen molar-refractivity contribution < 1.29 is 19.0 Å². The van der Waals surface area contributed by atoms with Crippen LogP contribution >= 0.6 is 0 Å². The number of benzene rings is 1. The number of nitrogens with one attached hydrogen (secondary N) is 1. The molecule has 6 nitrogen and oxygen atoms in total. The van der Waals surface area contributed by atoms with E-state index < -0.39 is 0 Å². The van der Waals surface area contributed by atoms with E-state index in [1.54, 1.807) is 38.6 Å². The molecule has 0 unspecified atom stereocenters. The van der Waals surface area contributed by atoms with Crippen molar-refractivity contribution in [3.63, 3.8) is 0 Å². The average molecular weight is 356 g/mol. The number of nitrogens with zero attached hydrogens (tertiary/aromatic N) is 1. The molecule has 1 saturated carbocycles. The van der Waals surface area contributed by atoms with Crippen LogP contribution in [0.5, 0.6) is 17.4 Å². The van der Waals surface area contributed by atoms with Crippen molar-refractivity contribution in [2.24, 2.45) is 0 Å². The summed E-state index contributed by atoms with van der Waals surface area (Å²) in [6, 6.07) is 8.84. The maximum Gasteiger partial charge on any atom is 0.251 e. The molecule has 1 aliphatic rings. The lowest BCUT2D eigenvalue weighted by Gasteiger charge is -2.13. The van der Waals surface area contributed by atoms with Gasteiger partial charge in [0, 0.05) is 24.4 Å². The number of rotatable bonds is 7. The molecule has 138 valence electrons. The fourth-order valence-corrected chi connectivity index (χ4v) is 3.06. The first-order chi connectivity index (χ1) is 12.7. The van der Waals surface area contributed by atoms with E-state index >= 15 is 0 Å². The van der Waals surface area contributed by atoms with Gasteiger partial charge in [0.1, 0.15) is 6.10 Å². The van der Waals surface area contributed by atoms with Crippen LogP contribution in [0.25, 0.3) is 0 Å². The molecule has 1 aromatic carbocycles. The van der Waals surface area contributed by atoms with E-state index in [1.807, 2.05) is 12.1 Å². The summed E-state index contributed by atoms with van der Waals surface area (Å²) >= 11 is 0. The van der Waals surface area contributed by atoms with Crippen LogP contribution in [0.3, 0.4) is 0 Å². The topological polar surface area (TPSA) is 69.7 Å². The number of carbonyl (C=O) groups excluding carboxylic acids is 1. The van der Waals surface area contributed by atoms with E-state index in [1.165, 1.54) is 12.8 Å². The van der Waals surface area contributed by atoms with Crippen LogP contribution in [0.1, 0.15) is 41.6 Å². The van der Waals surface area contributed by atoms with Gasteiger partial charge in [-0.15, -0.1) is 0 Å². The zero-order valence-electron chi connectivity index (χ0n) is 15.2. The van der Waals surface area contributed by atoms with Gasteiger partial charge < -0.3 is 19.5 Å². The fraction of sp³-hybridized carbons (Fsp3) is 0.400. The third-order valence-electron chi connectivity index (χ3n) is 4.49. The van der Waals surface area contributed by atoms with Crippen LogP contribution in [0.15, 0.2) is 36.5 Å². The highest BCUT2D eigenvalue weighted by Crippen LogP contribution is 2.27. The maximum absolute atomic E-state index is 12.4. The third-order valence-corrected chi connectivity index (χ3v) is 4.49. The van der Waals surface area contributed by atoms with E-state index in [-0.39, 0.29) is 12.0 Å². The van der Waals surface area contributed by atoms with Gasteiger partial charge in [0.25, 0.3) is 5.91 Å². The van der Waals surface area contributed by atoms with Crippen molar-refractivity contribution in [2.75, 3.05) is 14.2 Å². The summed E-state index contributed by atoms with van der Waals surface area (Å²) in [6.45, 7) is 0.400. The Morgan fingerprint density at radius 1 is 1.12 bits per heavy atom. The van der Waals surface area contributed by atoms with Crippen LogP contribution in [-0.2, 0) is 6.54 Å². The molecule has 0 atom stereocenters. The molecule has 0 aliphatic heterocycles. The minimum Gasteiger partial charge on any atom is -0.493 e. The Kier molecular flexibility index (Phi) is 5.94. The van der Waals surface area contributed by atoms with Gasteiger partial charge in [0.05, 0.1) is 14.2 Å². The van der Waals surface area contributed by atoms with E-state index in [9.17, 15) is 4.79 Å². The number of pyridine rings is 1. The molecule has 2 aromatic rings. The van der Waals surface area contributed by atoms with E-state index in [0.29, 0.717) is 29.5 Å². The van der Waals surface area contributed by atoms with Gasteiger partial charge in [-0.3, -0.25) is 4.79 Å². The van der Waals surface area contributed by atoms with Crippen molar-refractivity contribution in [3.8, 4) is 17.4 Å². The summed E-state index contributed by atoms with van der Waals surface area (Å²) in [5.74, 6) is 1.55. The summed E-state index contributed by atoms with van der Waals surface area (Å²) in [4.78, 5) is 16.7. The minimum absolute atomic E-state index is 0.180. The molecule has 1 fully saturated rings. The molecule has 0 bridgehead atoms. The maximum atomic E-state index is 12.4. The first-order valence-corrected chi connectivity index (χ1v) is 8.81. The molecular weight excluding hydrogens is 332 g/mol. The van der Waals surface area contributed by atoms with Gasteiger partial charge in [-0.1, -0.05) is 0 Å². The summed E-state index contributed by atoms with van der Waals surface area (Å²) in [6.07, 6.45) is 6.57. The SMILES string of the molecule is COc1ccc(C(=O)NCc2ccnc(OC3CCCC3)c2)cc1OC. The lowest BCUT2D eigenvalue weighted by Crippen LogP contribution is -2.23. The molecule has 1 aromatic heterocycles. The first kappa shape index (κ1) is 18.0. The third kappa shape index (κ3) is 4.45. The Balaban J connectivity index is 1.60. The number of hydrogen-bond acceptors (Lipinski definition) is 5. The van der Waals surface area contributed by atoms with Gasteiger partial charge in [-0.05, 0) is 55.5 Å². The van der Waals surface area contributed by atoms with Crippen LogP contribution in [0.4, 0.5) is 0 Å². The Labute approximate surface area is 153 Å². The van der Waals surface area contributed by atoms with Crippen LogP contribution in [0, 0.1) is 0 Å². The van der Waals surface area contributed by atoms with Crippen molar-refractivity contribution >= 4 is 5.91 Å². The lowest BCUT2D eigenvalue weighted by molar-refractivity contribution is 0.0950. The number of amides is 1. The Bertz CT molecular complexity index is 757. The average Bonchev–Trinajstić information content (AvgIpc) is 3.18. The van der Waals surface area contributed by atoms with Crippen LogP contribution < -0.4 is 19.5 Å². The predicted molar refractivity (Wildman–Crippen MR) is 97.8 cm³/mol. The summed E-state index contributed by atoms with van der Waals surface area (Å²) in [7, 11) is 3.11. The molecule has 26 heavy (non-hydrogen) atoms. The number of methoxy groups -OCH3 is 2. The number of ether oxygens (including phenoxy) is 3. The zero-order chi connectivity index (χ0) is 18.4. The standard InChI is InChI=1S/C20H24N2O4/c1-24-17-8-7-15(12-18(17)25-2)20(23)22-13-14-9-10-21-19(11-14)26-16-5-3-4-6-16/h7-12,16H,3-6,13H2,1-2H3,(H,22,23). The fourth-order valence-electron chi connectivity index (χ4n) is 3.06. The van der Waals surface area contributed by atoms with Gasteiger partial charge in [0.15, 0.2) is 11.5 Å². The number of carbonyl (C=O) groups is 1. The van der Waals surface area contributed by atoms with E-state index in [2.05, 4.69) is 10.3 Å². The summed E-state index contributed by atoms with van der Waals surface area (Å²) < 4.78 is 16.3. The van der Waals surface area contributed by atoms with Crippen molar-refractivity contribution in [1.29, 1.82) is 0 Å². The summed E-state index contributed by atoms with van der Waals surface area (Å²) in [5, 5.41) is 2.91. The molecule has 0 spiro atoms. The highest BCUT2D eigenvalue weighted by Gasteiger charge is 2.17. The number of aromatic nitrogens is 1. The van der Waals surface area contributed by atoms with Gasteiger partial charge in [-0.25, -0.2) is 4.98 Å². The van der Waals surface area contributed by atoms with Gasteiger partial charge in [-0.2, -0.15) is 0 Å². The Hall–Kier alpha value is -2.76.